The van der Waals surface area contributed by atoms with Crippen molar-refractivity contribution in [3.8, 4) is 11.3 Å². The molecule has 5 nitrogen and oxygen atoms in total. The van der Waals surface area contributed by atoms with E-state index in [0.29, 0.717) is 5.69 Å². The van der Waals surface area contributed by atoms with Gasteiger partial charge < -0.3 is 10.6 Å². The van der Waals surface area contributed by atoms with E-state index < -0.39 is 0 Å². The summed E-state index contributed by atoms with van der Waals surface area (Å²) in [4.78, 5) is 20.6. The molecule has 2 aromatic rings. The van der Waals surface area contributed by atoms with Gasteiger partial charge in [-0.25, -0.2) is 4.98 Å². The van der Waals surface area contributed by atoms with E-state index >= 15 is 0 Å². The van der Waals surface area contributed by atoms with Crippen LogP contribution in [-0.4, -0.2) is 35.0 Å². The predicted molar refractivity (Wildman–Crippen MR) is 76.2 cm³/mol. The molecule has 1 atom stereocenters. The Hall–Kier alpha value is -2.27. The minimum atomic E-state index is -0.121. The highest BCUT2D eigenvalue weighted by Crippen LogP contribution is 2.15. The Balaban J connectivity index is 1.78. The number of carbonyl (C=O) groups is 1. The van der Waals surface area contributed by atoms with Crippen molar-refractivity contribution in [2.24, 2.45) is 0 Å². The molecule has 2 aromatic heterocycles. The molecule has 3 rings (SSSR count). The summed E-state index contributed by atoms with van der Waals surface area (Å²) in [6, 6.07) is 9.44. The monoisotopic (exact) mass is 268 g/mol. The van der Waals surface area contributed by atoms with Crippen LogP contribution in [0.3, 0.4) is 0 Å². The number of aromatic nitrogens is 2. The summed E-state index contributed by atoms with van der Waals surface area (Å²) in [7, 11) is 0. The Morgan fingerprint density at radius 1 is 1.30 bits per heavy atom. The zero-order chi connectivity index (χ0) is 13.8. The number of nitrogens with zero attached hydrogens (tertiary/aromatic N) is 2. The predicted octanol–water partition coefficient (Wildman–Crippen LogP) is 1.24. The molecule has 2 N–H and O–H groups in total. The zero-order valence-electron chi connectivity index (χ0n) is 11.0. The number of hydrogen-bond acceptors (Lipinski definition) is 4. The largest absolute Gasteiger partial charge is 0.347 e. The van der Waals surface area contributed by atoms with Crippen molar-refractivity contribution in [1.82, 2.24) is 20.6 Å². The summed E-state index contributed by atoms with van der Waals surface area (Å²) < 4.78 is 0. The maximum absolute atomic E-state index is 12.2. The van der Waals surface area contributed by atoms with E-state index in [9.17, 15) is 4.79 Å². The maximum atomic E-state index is 12.2. The Morgan fingerprint density at radius 3 is 3.00 bits per heavy atom. The third-order valence-electron chi connectivity index (χ3n) is 3.33. The number of carbonyl (C=O) groups excluding carboxylic acids is 1. The van der Waals surface area contributed by atoms with Gasteiger partial charge in [0, 0.05) is 30.5 Å². The fourth-order valence-electron chi connectivity index (χ4n) is 2.27. The molecule has 1 amide bonds. The summed E-state index contributed by atoms with van der Waals surface area (Å²) in [6.07, 6.45) is 4.42. The summed E-state index contributed by atoms with van der Waals surface area (Å²) in [5, 5.41) is 6.22. The first-order valence-electron chi connectivity index (χ1n) is 6.72. The lowest BCUT2D eigenvalue weighted by molar-refractivity contribution is 0.0935. The lowest BCUT2D eigenvalue weighted by Gasteiger charge is -2.11. The van der Waals surface area contributed by atoms with Crippen LogP contribution in [0.15, 0.2) is 42.7 Å². The lowest BCUT2D eigenvalue weighted by atomic mass is 10.1. The highest BCUT2D eigenvalue weighted by atomic mass is 16.1. The van der Waals surface area contributed by atoms with Crippen molar-refractivity contribution in [2.75, 3.05) is 13.1 Å². The highest BCUT2D eigenvalue weighted by Gasteiger charge is 2.18. The van der Waals surface area contributed by atoms with Crippen LogP contribution in [0.1, 0.15) is 16.9 Å². The summed E-state index contributed by atoms with van der Waals surface area (Å²) in [6.45, 7) is 1.78. The Labute approximate surface area is 117 Å². The van der Waals surface area contributed by atoms with Gasteiger partial charge in [0.15, 0.2) is 0 Å². The van der Waals surface area contributed by atoms with E-state index in [0.717, 1.165) is 30.8 Å². The topological polar surface area (TPSA) is 66.9 Å². The molecule has 3 heterocycles. The number of amides is 1. The molecule has 0 unspecified atom stereocenters. The molecule has 20 heavy (non-hydrogen) atoms. The number of pyridine rings is 2. The molecule has 0 aliphatic carbocycles. The van der Waals surface area contributed by atoms with Crippen molar-refractivity contribution in [2.45, 2.75) is 12.5 Å². The van der Waals surface area contributed by atoms with Crippen LogP contribution in [0.25, 0.3) is 11.3 Å². The van der Waals surface area contributed by atoms with Crippen LogP contribution in [0.4, 0.5) is 0 Å². The Morgan fingerprint density at radius 2 is 2.25 bits per heavy atom. The van der Waals surface area contributed by atoms with Gasteiger partial charge in [0.05, 0.1) is 5.69 Å². The van der Waals surface area contributed by atoms with E-state index in [1.165, 1.54) is 0 Å². The molecule has 1 aliphatic heterocycles. The second-order valence-electron chi connectivity index (χ2n) is 4.81. The van der Waals surface area contributed by atoms with Gasteiger partial charge in [0.1, 0.15) is 5.69 Å². The van der Waals surface area contributed by atoms with Crippen molar-refractivity contribution in [3.05, 3.63) is 48.4 Å². The van der Waals surface area contributed by atoms with E-state index in [-0.39, 0.29) is 11.9 Å². The fraction of sp³-hybridized carbons (Fsp3) is 0.267. The Bertz CT molecular complexity index is 594. The van der Waals surface area contributed by atoms with E-state index in [4.69, 9.17) is 0 Å². The van der Waals surface area contributed by atoms with Gasteiger partial charge in [-0.15, -0.1) is 0 Å². The standard InChI is InChI=1S/C15H16N4O/c20-15(18-12-6-8-17-10-12)14-5-1-4-13(19-14)11-3-2-7-16-9-11/h1-5,7,9,12,17H,6,8,10H2,(H,18,20)/t12-/m1/s1. The average Bonchev–Trinajstić information content (AvgIpc) is 3.01. The third kappa shape index (κ3) is 2.83. The first-order chi connectivity index (χ1) is 9.83. The van der Waals surface area contributed by atoms with Gasteiger partial charge in [-0.3, -0.25) is 9.78 Å². The molecule has 0 saturated carbocycles. The van der Waals surface area contributed by atoms with Crippen molar-refractivity contribution < 1.29 is 4.79 Å². The van der Waals surface area contributed by atoms with Crippen molar-refractivity contribution >= 4 is 5.91 Å². The van der Waals surface area contributed by atoms with Gasteiger partial charge in [-0.2, -0.15) is 0 Å². The normalized spacial score (nSPS) is 17.9. The quantitative estimate of drug-likeness (QED) is 0.879. The van der Waals surface area contributed by atoms with Crippen LogP contribution >= 0.6 is 0 Å². The van der Waals surface area contributed by atoms with Crippen molar-refractivity contribution in [3.63, 3.8) is 0 Å². The van der Waals surface area contributed by atoms with Crippen molar-refractivity contribution in [1.29, 1.82) is 0 Å². The van der Waals surface area contributed by atoms with E-state index in [1.807, 2.05) is 24.3 Å². The molecule has 102 valence electrons. The highest BCUT2D eigenvalue weighted by molar-refractivity contribution is 5.93. The summed E-state index contributed by atoms with van der Waals surface area (Å²) >= 11 is 0. The van der Waals surface area contributed by atoms with Gasteiger partial charge in [-0.05, 0) is 37.2 Å². The first-order valence-corrected chi connectivity index (χ1v) is 6.72. The third-order valence-corrected chi connectivity index (χ3v) is 3.33. The smallest absolute Gasteiger partial charge is 0.270 e. The molecular weight excluding hydrogens is 252 g/mol. The van der Waals surface area contributed by atoms with Gasteiger partial charge >= 0.3 is 0 Å². The van der Waals surface area contributed by atoms with Crippen LogP contribution in [0.5, 0.6) is 0 Å². The van der Waals surface area contributed by atoms with Crippen LogP contribution in [0, 0.1) is 0 Å². The van der Waals surface area contributed by atoms with Gasteiger partial charge in [0.2, 0.25) is 0 Å². The molecule has 5 heteroatoms. The minimum Gasteiger partial charge on any atom is -0.347 e. The molecule has 0 radical (unpaired) electrons. The molecular formula is C15H16N4O. The summed E-state index contributed by atoms with van der Waals surface area (Å²) in [5.74, 6) is -0.121. The molecule has 1 aliphatic rings. The van der Waals surface area contributed by atoms with E-state index in [2.05, 4.69) is 20.6 Å². The number of hydrogen-bond donors (Lipinski definition) is 2. The average molecular weight is 268 g/mol. The fourth-order valence-corrected chi connectivity index (χ4v) is 2.27. The molecule has 0 spiro atoms. The second-order valence-corrected chi connectivity index (χ2v) is 4.81. The molecule has 1 fully saturated rings. The second kappa shape index (κ2) is 5.79. The molecule has 1 saturated heterocycles. The number of rotatable bonds is 3. The van der Waals surface area contributed by atoms with Crippen LogP contribution in [-0.2, 0) is 0 Å². The lowest BCUT2D eigenvalue weighted by Crippen LogP contribution is -2.36. The molecule has 0 bridgehead atoms. The Kier molecular flexibility index (Phi) is 3.69. The van der Waals surface area contributed by atoms with Gasteiger partial charge in [0.25, 0.3) is 5.91 Å². The van der Waals surface area contributed by atoms with E-state index in [1.54, 1.807) is 18.5 Å². The van der Waals surface area contributed by atoms with Crippen LogP contribution in [0.2, 0.25) is 0 Å². The number of nitrogens with one attached hydrogen (secondary N) is 2. The SMILES string of the molecule is O=C(N[C@@H]1CCNC1)c1cccc(-c2cccnc2)n1. The molecule has 0 aromatic carbocycles. The zero-order valence-corrected chi connectivity index (χ0v) is 11.0. The van der Waals surface area contributed by atoms with Crippen LogP contribution < -0.4 is 10.6 Å². The minimum absolute atomic E-state index is 0.121. The maximum Gasteiger partial charge on any atom is 0.270 e. The first kappa shape index (κ1) is 12.7. The summed E-state index contributed by atoms with van der Waals surface area (Å²) in [5.41, 5.74) is 2.11. The van der Waals surface area contributed by atoms with Gasteiger partial charge in [-0.1, -0.05) is 6.07 Å².